The normalized spacial score (nSPS) is 43.0. The molecule has 1 aromatic rings. The highest BCUT2D eigenvalue weighted by Gasteiger charge is 2.59. The number of hydrogen-bond acceptors (Lipinski definition) is 10. The first-order valence-electron chi connectivity index (χ1n) is 11.6. The Labute approximate surface area is 198 Å². The van der Waals surface area contributed by atoms with Crippen LogP contribution in [0.2, 0.25) is 0 Å². The molecule has 4 fully saturated rings. The van der Waals surface area contributed by atoms with Gasteiger partial charge in [0.25, 0.3) is 0 Å². The molecule has 0 aromatic heterocycles. The van der Waals surface area contributed by atoms with Gasteiger partial charge in [-0.3, -0.25) is 0 Å². The summed E-state index contributed by atoms with van der Waals surface area (Å²) in [5.74, 6) is -0.828. The van der Waals surface area contributed by atoms with Gasteiger partial charge in [0, 0.05) is 7.11 Å². The smallest absolute Gasteiger partial charge is 0.424 e. The van der Waals surface area contributed by atoms with Crippen molar-refractivity contribution in [3.05, 3.63) is 35.9 Å². The molecule has 4 saturated heterocycles. The Kier molecular flexibility index (Phi) is 6.58. The molecule has 34 heavy (non-hydrogen) atoms. The minimum atomic E-state index is -0.863. The van der Waals surface area contributed by atoms with E-state index in [-0.39, 0.29) is 6.61 Å². The highest BCUT2D eigenvalue weighted by Crippen LogP contribution is 2.41. The molecule has 0 bridgehead atoms. The third-order valence-corrected chi connectivity index (χ3v) is 6.57. The Morgan fingerprint density at radius 1 is 0.853 bits per heavy atom. The van der Waals surface area contributed by atoms with Crippen LogP contribution in [0.4, 0.5) is 4.79 Å². The fourth-order valence-electron chi connectivity index (χ4n) is 5.02. The molecule has 4 aliphatic heterocycles. The van der Waals surface area contributed by atoms with Crippen molar-refractivity contribution in [2.75, 3.05) is 7.11 Å². The summed E-state index contributed by atoms with van der Waals surface area (Å²) in [5, 5.41) is 0. The van der Waals surface area contributed by atoms with Gasteiger partial charge in [0.2, 0.25) is 0 Å². The summed E-state index contributed by atoms with van der Waals surface area (Å²) < 4.78 is 53.4. The summed E-state index contributed by atoms with van der Waals surface area (Å²) in [6, 6.07) is 9.70. The predicted octanol–water partition coefficient (Wildman–Crippen LogP) is 2.52. The molecule has 0 unspecified atom stereocenters. The zero-order valence-electron chi connectivity index (χ0n) is 19.9. The molecule has 0 saturated carbocycles. The lowest BCUT2D eigenvalue weighted by atomic mass is 9.97. The lowest BCUT2D eigenvalue weighted by molar-refractivity contribution is -0.337. The van der Waals surface area contributed by atoms with Gasteiger partial charge >= 0.3 is 6.16 Å². The number of fused-ring (bicyclic) bond motifs is 2. The second kappa shape index (κ2) is 9.34. The van der Waals surface area contributed by atoms with Gasteiger partial charge in [-0.05, 0) is 33.3 Å². The monoisotopic (exact) mass is 480 g/mol. The van der Waals surface area contributed by atoms with Gasteiger partial charge in [-0.25, -0.2) is 4.79 Å². The second-order valence-electron chi connectivity index (χ2n) is 9.50. The Morgan fingerprint density at radius 2 is 1.53 bits per heavy atom. The van der Waals surface area contributed by atoms with Crippen molar-refractivity contribution < 1.29 is 47.4 Å². The molecule has 10 atom stereocenters. The van der Waals surface area contributed by atoms with Gasteiger partial charge < -0.3 is 42.6 Å². The standard InChI is InChI=1S/C24H32O10/c1-12-15-17(32-23(25)31-15)19(27-11-14-9-7-6-8-10-14)22(29-12)30-16-13(2)28-21(26-5)20-18(16)33-24(3,4)34-20/h6-10,12-13,15-22H,11H2,1-5H3/t12-,13-,15-,16-,17+,18+,19+,20+,21+,22-/m0/s1. The molecule has 1 aromatic carbocycles. The van der Waals surface area contributed by atoms with E-state index in [0.29, 0.717) is 0 Å². The summed E-state index contributed by atoms with van der Waals surface area (Å²) in [6.45, 7) is 7.65. The van der Waals surface area contributed by atoms with Crippen molar-refractivity contribution in [2.45, 2.75) is 102 Å². The maximum absolute atomic E-state index is 11.9. The number of hydrogen-bond donors (Lipinski definition) is 0. The molecule has 0 spiro atoms. The third kappa shape index (κ3) is 4.56. The zero-order valence-corrected chi connectivity index (χ0v) is 19.9. The van der Waals surface area contributed by atoms with Crippen LogP contribution in [-0.2, 0) is 49.2 Å². The van der Waals surface area contributed by atoms with Crippen LogP contribution in [0.3, 0.4) is 0 Å². The quantitative estimate of drug-likeness (QED) is 0.565. The van der Waals surface area contributed by atoms with E-state index >= 15 is 0 Å². The van der Waals surface area contributed by atoms with E-state index in [1.807, 2.05) is 58.0 Å². The van der Waals surface area contributed by atoms with Crippen LogP contribution in [0.25, 0.3) is 0 Å². The topological polar surface area (TPSA) is 100 Å². The van der Waals surface area contributed by atoms with Crippen LogP contribution in [-0.4, -0.2) is 80.5 Å². The Morgan fingerprint density at radius 3 is 2.26 bits per heavy atom. The Balaban J connectivity index is 1.38. The first-order valence-corrected chi connectivity index (χ1v) is 11.6. The number of carbonyl (C=O) groups is 1. The lowest BCUT2D eigenvalue weighted by Crippen LogP contribution is -2.62. The summed E-state index contributed by atoms with van der Waals surface area (Å²) in [7, 11) is 1.57. The number of ether oxygens (including phenoxy) is 9. The maximum Gasteiger partial charge on any atom is 0.509 e. The molecular formula is C24H32O10. The van der Waals surface area contributed by atoms with E-state index in [1.54, 1.807) is 7.11 Å². The molecule has 0 N–H and O–H groups in total. The average Bonchev–Trinajstić information content (AvgIpc) is 3.35. The number of methoxy groups -OCH3 is 1. The average molecular weight is 481 g/mol. The predicted molar refractivity (Wildman–Crippen MR) is 115 cm³/mol. The van der Waals surface area contributed by atoms with E-state index < -0.39 is 73.4 Å². The zero-order chi connectivity index (χ0) is 24.0. The minimum absolute atomic E-state index is 0.283. The van der Waals surface area contributed by atoms with Gasteiger partial charge in [0.15, 0.2) is 30.6 Å². The van der Waals surface area contributed by atoms with Crippen LogP contribution < -0.4 is 0 Å². The van der Waals surface area contributed by atoms with Crippen molar-refractivity contribution in [3.63, 3.8) is 0 Å². The minimum Gasteiger partial charge on any atom is -0.424 e. The van der Waals surface area contributed by atoms with E-state index in [4.69, 9.17) is 42.6 Å². The molecule has 10 heteroatoms. The van der Waals surface area contributed by atoms with Gasteiger partial charge in [-0.2, -0.15) is 0 Å². The van der Waals surface area contributed by atoms with E-state index in [2.05, 4.69) is 0 Å². The first kappa shape index (κ1) is 23.9. The maximum atomic E-state index is 11.9. The molecule has 0 radical (unpaired) electrons. The van der Waals surface area contributed by atoms with Crippen LogP contribution in [0.1, 0.15) is 33.3 Å². The van der Waals surface area contributed by atoms with Crippen molar-refractivity contribution in [2.24, 2.45) is 0 Å². The molecule has 4 heterocycles. The molecule has 4 aliphatic rings. The molecule has 5 rings (SSSR count). The van der Waals surface area contributed by atoms with Gasteiger partial charge in [0.1, 0.15) is 24.4 Å². The summed E-state index contributed by atoms with van der Waals surface area (Å²) in [5.41, 5.74) is 0.966. The third-order valence-electron chi connectivity index (χ3n) is 6.57. The van der Waals surface area contributed by atoms with Crippen LogP contribution in [0.5, 0.6) is 0 Å². The van der Waals surface area contributed by atoms with Crippen molar-refractivity contribution in [1.29, 1.82) is 0 Å². The van der Waals surface area contributed by atoms with Gasteiger partial charge in [0.05, 0.1) is 18.8 Å². The number of benzene rings is 1. The number of rotatable bonds is 6. The lowest BCUT2D eigenvalue weighted by Gasteiger charge is -2.45. The summed E-state index contributed by atoms with van der Waals surface area (Å²) >= 11 is 0. The van der Waals surface area contributed by atoms with Crippen molar-refractivity contribution in [3.8, 4) is 0 Å². The summed E-state index contributed by atoms with van der Waals surface area (Å²) in [4.78, 5) is 11.9. The van der Waals surface area contributed by atoms with Crippen LogP contribution in [0, 0.1) is 0 Å². The van der Waals surface area contributed by atoms with Crippen LogP contribution in [0.15, 0.2) is 30.3 Å². The molecule has 188 valence electrons. The van der Waals surface area contributed by atoms with E-state index in [0.717, 1.165) is 5.56 Å². The van der Waals surface area contributed by atoms with Crippen molar-refractivity contribution >= 4 is 6.16 Å². The van der Waals surface area contributed by atoms with Crippen molar-refractivity contribution in [1.82, 2.24) is 0 Å². The van der Waals surface area contributed by atoms with Gasteiger partial charge in [-0.1, -0.05) is 30.3 Å². The fraction of sp³-hybridized carbons (Fsp3) is 0.708. The SMILES string of the molecule is CO[C@@H]1O[C@@H](C)[C@H](O[C@@H]2O[C@@H](C)[C@@H]3OC(=O)O[C@H]3[C@H]2OCc2ccccc2)[C@H]2OC(C)(C)O[C@@H]12. The van der Waals surface area contributed by atoms with E-state index in [1.165, 1.54) is 0 Å². The van der Waals surface area contributed by atoms with Gasteiger partial charge in [-0.15, -0.1) is 0 Å². The highest BCUT2D eigenvalue weighted by atomic mass is 16.8. The second-order valence-corrected chi connectivity index (χ2v) is 9.50. The molecule has 10 nitrogen and oxygen atoms in total. The molecule has 0 amide bonds. The largest absolute Gasteiger partial charge is 0.509 e. The Hall–Kier alpha value is -1.79. The van der Waals surface area contributed by atoms with Crippen LogP contribution >= 0.6 is 0 Å². The first-order chi connectivity index (χ1) is 16.3. The molecule has 0 aliphatic carbocycles. The fourth-order valence-corrected chi connectivity index (χ4v) is 5.02. The number of carbonyl (C=O) groups excluding carboxylic acids is 1. The summed E-state index contributed by atoms with van der Waals surface area (Å²) in [6.07, 6.45) is -6.54. The molecular weight excluding hydrogens is 448 g/mol. The highest BCUT2D eigenvalue weighted by molar-refractivity contribution is 5.63. The Bertz CT molecular complexity index is 863. The van der Waals surface area contributed by atoms with E-state index in [9.17, 15) is 4.79 Å².